The van der Waals surface area contributed by atoms with E-state index in [4.69, 9.17) is 5.11 Å². The number of carboxylic acid groups (broad SMARTS) is 1. The van der Waals surface area contributed by atoms with Crippen LogP contribution < -0.4 is 0 Å². The number of hydrogen-bond acceptors (Lipinski definition) is 3. The Kier molecular flexibility index (Phi) is 4.28. The molecule has 1 amide bonds. The Labute approximate surface area is 122 Å². The Morgan fingerprint density at radius 3 is 2.80 bits per heavy atom. The van der Waals surface area contributed by atoms with Gasteiger partial charge in [-0.3, -0.25) is 4.79 Å². The van der Waals surface area contributed by atoms with Gasteiger partial charge in [0.15, 0.2) is 0 Å². The highest BCUT2D eigenvalue weighted by Crippen LogP contribution is 2.30. The number of nitrogens with zero attached hydrogens (tertiary/aromatic N) is 1. The largest absolute Gasteiger partial charge is 0.478 e. The second-order valence-corrected chi connectivity index (χ2v) is 6.98. The van der Waals surface area contributed by atoms with Gasteiger partial charge in [0.25, 0.3) is 5.91 Å². The van der Waals surface area contributed by atoms with Gasteiger partial charge in [0.1, 0.15) is 0 Å². The van der Waals surface area contributed by atoms with E-state index in [1.165, 1.54) is 17.4 Å². The predicted octanol–water partition coefficient (Wildman–Crippen LogP) is 3.11. The van der Waals surface area contributed by atoms with Crippen molar-refractivity contribution in [2.24, 2.45) is 5.41 Å². The number of carbonyl (C=O) groups excluding carboxylic acids is 1. The number of amides is 1. The van der Waals surface area contributed by atoms with Crippen molar-refractivity contribution in [1.29, 1.82) is 0 Å². The molecule has 4 nitrogen and oxygen atoms in total. The fourth-order valence-electron chi connectivity index (χ4n) is 2.46. The maximum atomic E-state index is 12.4. The van der Waals surface area contributed by atoms with E-state index in [9.17, 15) is 9.59 Å². The number of aliphatic carboxylic acids is 1. The summed E-state index contributed by atoms with van der Waals surface area (Å²) in [6.45, 7) is 5.95. The van der Waals surface area contributed by atoms with Crippen molar-refractivity contribution >= 4 is 29.3 Å². The number of thiophene rings is 1. The highest BCUT2D eigenvalue weighted by Gasteiger charge is 2.29. The van der Waals surface area contributed by atoms with E-state index in [1.807, 2.05) is 4.90 Å². The van der Waals surface area contributed by atoms with Gasteiger partial charge in [-0.1, -0.05) is 13.8 Å². The Morgan fingerprint density at radius 1 is 1.40 bits per heavy atom. The zero-order chi connectivity index (χ0) is 14.8. The van der Waals surface area contributed by atoms with Crippen molar-refractivity contribution in [2.75, 3.05) is 13.1 Å². The van der Waals surface area contributed by atoms with Crippen LogP contribution in [0.15, 0.2) is 18.2 Å². The fourth-order valence-corrected chi connectivity index (χ4v) is 3.34. The van der Waals surface area contributed by atoms with Crippen LogP contribution in [0.3, 0.4) is 0 Å². The molecule has 0 aliphatic carbocycles. The molecule has 1 aliphatic rings. The summed E-state index contributed by atoms with van der Waals surface area (Å²) in [6.07, 6.45) is 4.79. The number of carboxylic acids is 1. The zero-order valence-corrected chi connectivity index (χ0v) is 12.6. The summed E-state index contributed by atoms with van der Waals surface area (Å²) >= 11 is 1.34. The third-order valence-electron chi connectivity index (χ3n) is 3.42. The Morgan fingerprint density at radius 2 is 2.15 bits per heavy atom. The molecule has 20 heavy (non-hydrogen) atoms. The molecule has 1 N–H and O–H groups in total. The second-order valence-electron chi connectivity index (χ2n) is 5.87. The van der Waals surface area contributed by atoms with E-state index < -0.39 is 5.97 Å². The minimum atomic E-state index is -0.982. The summed E-state index contributed by atoms with van der Waals surface area (Å²) in [5.41, 5.74) is 0.178. The molecule has 0 radical (unpaired) electrons. The highest BCUT2D eigenvalue weighted by molar-refractivity contribution is 7.14. The van der Waals surface area contributed by atoms with E-state index in [0.29, 0.717) is 4.88 Å². The zero-order valence-electron chi connectivity index (χ0n) is 11.8. The van der Waals surface area contributed by atoms with Crippen molar-refractivity contribution in [3.8, 4) is 0 Å². The molecule has 1 fully saturated rings. The van der Waals surface area contributed by atoms with Crippen molar-refractivity contribution < 1.29 is 14.7 Å². The first kappa shape index (κ1) is 14.8. The van der Waals surface area contributed by atoms with Crippen LogP contribution in [0.5, 0.6) is 0 Å². The molecule has 108 valence electrons. The van der Waals surface area contributed by atoms with E-state index in [2.05, 4.69) is 13.8 Å². The highest BCUT2D eigenvalue weighted by atomic mass is 32.1. The molecular formula is C15H19NO3S. The average molecular weight is 293 g/mol. The third kappa shape index (κ3) is 3.70. The van der Waals surface area contributed by atoms with Crippen LogP contribution >= 0.6 is 11.3 Å². The monoisotopic (exact) mass is 293 g/mol. The van der Waals surface area contributed by atoms with Gasteiger partial charge >= 0.3 is 5.97 Å². The lowest BCUT2D eigenvalue weighted by Gasteiger charge is -2.37. The van der Waals surface area contributed by atoms with Crippen molar-refractivity contribution in [3.63, 3.8) is 0 Å². The van der Waals surface area contributed by atoms with E-state index in [1.54, 1.807) is 12.1 Å². The van der Waals surface area contributed by atoms with Gasteiger partial charge in [0, 0.05) is 24.0 Å². The summed E-state index contributed by atoms with van der Waals surface area (Å²) in [5.74, 6) is -0.929. The molecule has 0 saturated carbocycles. The van der Waals surface area contributed by atoms with Gasteiger partial charge < -0.3 is 10.0 Å². The van der Waals surface area contributed by atoms with Crippen LogP contribution in [0, 0.1) is 5.41 Å². The standard InChI is InChI=1S/C15H19NO3S/c1-15(2)8-3-9-16(10-15)14(19)12-6-4-11(20-12)5-7-13(17)18/h4-7H,3,8-10H2,1-2H3,(H,17,18). The molecule has 0 aromatic carbocycles. The first-order chi connectivity index (χ1) is 9.37. The lowest BCUT2D eigenvalue weighted by Crippen LogP contribution is -2.43. The second kappa shape index (κ2) is 5.79. The van der Waals surface area contributed by atoms with Gasteiger partial charge in [-0.05, 0) is 36.5 Å². The van der Waals surface area contributed by atoms with E-state index >= 15 is 0 Å². The first-order valence-corrected chi connectivity index (χ1v) is 7.49. The normalized spacial score (nSPS) is 18.4. The van der Waals surface area contributed by atoms with Gasteiger partial charge in [-0.2, -0.15) is 0 Å². The molecule has 2 rings (SSSR count). The number of rotatable bonds is 3. The summed E-state index contributed by atoms with van der Waals surface area (Å²) in [4.78, 5) is 26.3. The van der Waals surface area contributed by atoms with E-state index in [0.717, 1.165) is 36.9 Å². The summed E-state index contributed by atoms with van der Waals surface area (Å²) in [7, 11) is 0. The van der Waals surface area contributed by atoms with Crippen LogP contribution in [0.4, 0.5) is 0 Å². The molecule has 0 atom stereocenters. The van der Waals surface area contributed by atoms with Gasteiger partial charge in [-0.15, -0.1) is 11.3 Å². The molecule has 1 aromatic rings. The number of hydrogen-bond donors (Lipinski definition) is 1. The van der Waals surface area contributed by atoms with E-state index in [-0.39, 0.29) is 11.3 Å². The lowest BCUT2D eigenvalue weighted by atomic mass is 9.84. The maximum Gasteiger partial charge on any atom is 0.328 e. The number of likely N-dealkylation sites (tertiary alicyclic amines) is 1. The predicted molar refractivity (Wildman–Crippen MR) is 79.9 cm³/mol. The average Bonchev–Trinajstić information content (AvgIpc) is 2.83. The van der Waals surface area contributed by atoms with Crippen LogP contribution in [0.1, 0.15) is 41.2 Å². The van der Waals surface area contributed by atoms with Crippen LogP contribution in [0.2, 0.25) is 0 Å². The molecule has 1 aromatic heterocycles. The van der Waals surface area contributed by atoms with Crippen LogP contribution in [0.25, 0.3) is 6.08 Å². The maximum absolute atomic E-state index is 12.4. The minimum Gasteiger partial charge on any atom is -0.478 e. The third-order valence-corrected chi connectivity index (χ3v) is 4.45. The lowest BCUT2D eigenvalue weighted by molar-refractivity contribution is -0.131. The first-order valence-electron chi connectivity index (χ1n) is 6.67. The van der Waals surface area contributed by atoms with Crippen LogP contribution in [-0.2, 0) is 4.79 Å². The summed E-state index contributed by atoms with van der Waals surface area (Å²) < 4.78 is 0. The molecular weight excluding hydrogens is 274 g/mol. The number of piperidine rings is 1. The van der Waals surface area contributed by atoms with Crippen molar-refractivity contribution in [3.05, 3.63) is 28.0 Å². The molecule has 1 aliphatic heterocycles. The molecule has 0 spiro atoms. The smallest absolute Gasteiger partial charge is 0.328 e. The van der Waals surface area contributed by atoms with Gasteiger partial charge in [0.05, 0.1) is 4.88 Å². The summed E-state index contributed by atoms with van der Waals surface area (Å²) in [5, 5.41) is 8.59. The molecule has 0 unspecified atom stereocenters. The Hall–Kier alpha value is -1.62. The molecule has 2 heterocycles. The fraction of sp³-hybridized carbons (Fsp3) is 0.467. The van der Waals surface area contributed by atoms with Gasteiger partial charge in [-0.25, -0.2) is 4.79 Å². The van der Waals surface area contributed by atoms with Crippen molar-refractivity contribution in [1.82, 2.24) is 4.90 Å². The molecule has 0 bridgehead atoms. The van der Waals surface area contributed by atoms with Gasteiger partial charge in [0.2, 0.25) is 0 Å². The molecule has 5 heteroatoms. The SMILES string of the molecule is CC1(C)CCCN(C(=O)c2ccc(C=CC(=O)O)s2)C1. The molecule has 1 saturated heterocycles. The minimum absolute atomic E-state index is 0.0535. The Bertz CT molecular complexity index is 545. The summed E-state index contributed by atoms with van der Waals surface area (Å²) in [6, 6.07) is 3.56. The topological polar surface area (TPSA) is 57.6 Å². The quantitative estimate of drug-likeness (QED) is 0.871. The van der Waals surface area contributed by atoms with Crippen molar-refractivity contribution in [2.45, 2.75) is 26.7 Å². The number of carbonyl (C=O) groups is 2. The van der Waals surface area contributed by atoms with Crippen LogP contribution in [-0.4, -0.2) is 35.0 Å². The Balaban J connectivity index is 2.08.